The third-order valence-electron chi connectivity index (χ3n) is 2.95. The molecule has 1 atom stereocenters. The molecule has 1 rings (SSSR count). The van der Waals surface area contributed by atoms with Crippen LogP contribution in [0.15, 0.2) is 0 Å². The third-order valence-corrected chi connectivity index (χ3v) is 2.95. The van der Waals surface area contributed by atoms with Gasteiger partial charge < -0.3 is 10.4 Å². The van der Waals surface area contributed by atoms with Gasteiger partial charge in [0.05, 0.1) is 0 Å². The van der Waals surface area contributed by atoms with Crippen molar-refractivity contribution in [3.63, 3.8) is 0 Å². The molecule has 1 fully saturated rings. The summed E-state index contributed by atoms with van der Waals surface area (Å²) in [5, 5.41) is 11.1. The van der Waals surface area contributed by atoms with Crippen molar-refractivity contribution in [1.29, 1.82) is 0 Å². The SMILES string of the molecule is C[C@H](NC(=O)CC1CCCCC1)C(=O)O. The Hall–Kier alpha value is -1.06. The van der Waals surface area contributed by atoms with Crippen LogP contribution in [0.2, 0.25) is 0 Å². The van der Waals surface area contributed by atoms with E-state index in [0.29, 0.717) is 12.3 Å². The van der Waals surface area contributed by atoms with Crippen molar-refractivity contribution in [1.82, 2.24) is 5.32 Å². The number of carboxylic acid groups (broad SMARTS) is 1. The lowest BCUT2D eigenvalue weighted by Crippen LogP contribution is -2.39. The number of nitrogens with one attached hydrogen (secondary N) is 1. The summed E-state index contributed by atoms with van der Waals surface area (Å²) in [7, 11) is 0. The van der Waals surface area contributed by atoms with Crippen LogP contribution in [-0.4, -0.2) is 23.0 Å². The van der Waals surface area contributed by atoms with Gasteiger partial charge in [-0.05, 0) is 25.7 Å². The van der Waals surface area contributed by atoms with E-state index in [1.807, 2.05) is 0 Å². The van der Waals surface area contributed by atoms with Crippen LogP contribution >= 0.6 is 0 Å². The molecule has 0 aliphatic heterocycles. The molecular weight excluding hydrogens is 194 g/mol. The molecule has 4 heteroatoms. The summed E-state index contributed by atoms with van der Waals surface area (Å²) >= 11 is 0. The highest BCUT2D eigenvalue weighted by molar-refractivity contribution is 5.83. The van der Waals surface area contributed by atoms with Gasteiger partial charge in [-0.2, -0.15) is 0 Å². The van der Waals surface area contributed by atoms with Crippen LogP contribution < -0.4 is 5.32 Å². The van der Waals surface area contributed by atoms with Crippen LogP contribution in [0.1, 0.15) is 45.4 Å². The van der Waals surface area contributed by atoms with E-state index in [-0.39, 0.29) is 5.91 Å². The lowest BCUT2D eigenvalue weighted by molar-refractivity contribution is -0.141. The molecule has 0 saturated heterocycles. The number of aliphatic carboxylic acids is 1. The molecule has 0 aromatic rings. The van der Waals surface area contributed by atoms with Crippen molar-refractivity contribution in [3.05, 3.63) is 0 Å². The van der Waals surface area contributed by atoms with E-state index in [9.17, 15) is 9.59 Å². The minimum Gasteiger partial charge on any atom is -0.480 e. The molecule has 86 valence electrons. The van der Waals surface area contributed by atoms with E-state index in [2.05, 4.69) is 5.32 Å². The zero-order chi connectivity index (χ0) is 11.3. The average molecular weight is 213 g/mol. The molecule has 0 spiro atoms. The summed E-state index contributed by atoms with van der Waals surface area (Å²) in [6.45, 7) is 1.49. The van der Waals surface area contributed by atoms with Crippen molar-refractivity contribution in [2.45, 2.75) is 51.5 Å². The summed E-state index contributed by atoms with van der Waals surface area (Å²) in [6.07, 6.45) is 6.36. The number of amides is 1. The summed E-state index contributed by atoms with van der Waals surface area (Å²) < 4.78 is 0. The topological polar surface area (TPSA) is 66.4 Å². The van der Waals surface area contributed by atoms with Gasteiger partial charge >= 0.3 is 5.97 Å². The van der Waals surface area contributed by atoms with E-state index in [4.69, 9.17) is 5.11 Å². The Balaban J connectivity index is 2.25. The molecule has 1 saturated carbocycles. The lowest BCUT2D eigenvalue weighted by Gasteiger charge is -2.21. The number of rotatable bonds is 4. The van der Waals surface area contributed by atoms with Crippen LogP contribution in [0, 0.1) is 5.92 Å². The normalized spacial score (nSPS) is 19.5. The van der Waals surface area contributed by atoms with E-state index in [1.165, 1.54) is 26.2 Å². The van der Waals surface area contributed by atoms with Crippen LogP contribution in [0.4, 0.5) is 0 Å². The Bertz CT molecular complexity index is 234. The highest BCUT2D eigenvalue weighted by Gasteiger charge is 2.19. The van der Waals surface area contributed by atoms with Crippen molar-refractivity contribution < 1.29 is 14.7 Å². The fourth-order valence-corrected chi connectivity index (χ4v) is 2.02. The van der Waals surface area contributed by atoms with E-state index in [0.717, 1.165) is 12.8 Å². The Morgan fingerprint density at radius 3 is 2.47 bits per heavy atom. The van der Waals surface area contributed by atoms with Gasteiger partial charge in [-0.1, -0.05) is 19.3 Å². The van der Waals surface area contributed by atoms with Gasteiger partial charge in [-0.3, -0.25) is 9.59 Å². The monoisotopic (exact) mass is 213 g/mol. The Kier molecular flexibility index (Phi) is 4.59. The van der Waals surface area contributed by atoms with Gasteiger partial charge in [0.15, 0.2) is 0 Å². The lowest BCUT2D eigenvalue weighted by atomic mass is 9.87. The van der Waals surface area contributed by atoms with Crippen LogP contribution in [0.3, 0.4) is 0 Å². The number of carboxylic acids is 1. The highest BCUT2D eigenvalue weighted by atomic mass is 16.4. The van der Waals surface area contributed by atoms with Crippen molar-refractivity contribution in [3.8, 4) is 0 Å². The molecule has 1 aliphatic carbocycles. The molecule has 0 unspecified atom stereocenters. The fourth-order valence-electron chi connectivity index (χ4n) is 2.02. The van der Waals surface area contributed by atoms with Crippen LogP contribution in [-0.2, 0) is 9.59 Å². The van der Waals surface area contributed by atoms with Crippen LogP contribution in [0.5, 0.6) is 0 Å². The molecular formula is C11H19NO3. The maximum Gasteiger partial charge on any atom is 0.325 e. The molecule has 0 aromatic heterocycles. The first-order chi connectivity index (χ1) is 7.09. The number of carbonyl (C=O) groups is 2. The highest BCUT2D eigenvalue weighted by Crippen LogP contribution is 2.25. The number of hydrogen-bond donors (Lipinski definition) is 2. The summed E-state index contributed by atoms with van der Waals surface area (Å²) in [5.41, 5.74) is 0. The van der Waals surface area contributed by atoms with Gasteiger partial charge in [-0.25, -0.2) is 0 Å². The molecule has 2 N–H and O–H groups in total. The van der Waals surface area contributed by atoms with Gasteiger partial charge in [-0.15, -0.1) is 0 Å². The van der Waals surface area contributed by atoms with E-state index >= 15 is 0 Å². The zero-order valence-corrected chi connectivity index (χ0v) is 9.16. The first kappa shape index (κ1) is 12.0. The van der Waals surface area contributed by atoms with Gasteiger partial charge in [0.25, 0.3) is 0 Å². The largest absolute Gasteiger partial charge is 0.480 e. The van der Waals surface area contributed by atoms with Gasteiger partial charge in [0.1, 0.15) is 6.04 Å². The minimum absolute atomic E-state index is 0.128. The maximum atomic E-state index is 11.5. The number of hydrogen-bond acceptors (Lipinski definition) is 2. The molecule has 0 heterocycles. The number of carbonyl (C=O) groups excluding carboxylic acids is 1. The molecule has 4 nitrogen and oxygen atoms in total. The molecule has 1 amide bonds. The maximum absolute atomic E-state index is 11.5. The Morgan fingerprint density at radius 1 is 1.33 bits per heavy atom. The first-order valence-corrected chi connectivity index (χ1v) is 5.61. The summed E-state index contributed by atoms with van der Waals surface area (Å²) in [5.74, 6) is -0.650. The van der Waals surface area contributed by atoms with E-state index in [1.54, 1.807) is 0 Å². The zero-order valence-electron chi connectivity index (χ0n) is 9.16. The second-order valence-corrected chi connectivity index (χ2v) is 4.34. The van der Waals surface area contributed by atoms with E-state index < -0.39 is 12.0 Å². The summed E-state index contributed by atoms with van der Waals surface area (Å²) in [4.78, 5) is 22.0. The van der Waals surface area contributed by atoms with Gasteiger partial charge in [0, 0.05) is 6.42 Å². The van der Waals surface area contributed by atoms with Crippen molar-refractivity contribution in [2.75, 3.05) is 0 Å². The van der Waals surface area contributed by atoms with Crippen LogP contribution in [0.25, 0.3) is 0 Å². The molecule has 15 heavy (non-hydrogen) atoms. The average Bonchev–Trinajstić information content (AvgIpc) is 2.18. The Labute approximate surface area is 90.0 Å². The minimum atomic E-state index is -0.980. The fraction of sp³-hybridized carbons (Fsp3) is 0.818. The standard InChI is InChI=1S/C11H19NO3/c1-8(11(14)15)12-10(13)7-9-5-3-2-4-6-9/h8-9H,2-7H2,1H3,(H,12,13)(H,14,15)/t8-/m0/s1. The molecule has 0 radical (unpaired) electrons. The predicted octanol–water partition coefficient (Wildman–Crippen LogP) is 1.55. The van der Waals surface area contributed by atoms with Crippen molar-refractivity contribution in [2.24, 2.45) is 5.92 Å². The molecule has 0 bridgehead atoms. The second-order valence-electron chi connectivity index (χ2n) is 4.34. The quantitative estimate of drug-likeness (QED) is 0.744. The second kappa shape index (κ2) is 5.73. The Morgan fingerprint density at radius 2 is 1.93 bits per heavy atom. The van der Waals surface area contributed by atoms with Gasteiger partial charge in [0.2, 0.25) is 5.91 Å². The predicted molar refractivity (Wildman–Crippen MR) is 56.4 cm³/mol. The molecule has 1 aliphatic rings. The third kappa shape index (κ3) is 4.32. The summed E-state index contributed by atoms with van der Waals surface area (Å²) in [6, 6.07) is -0.777. The van der Waals surface area contributed by atoms with Crippen molar-refractivity contribution >= 4 is 11.9 Å². The first-order valence-electron chi connectivity index (χ1n) is 5.61. The molecule has 0 aromatic carbocycles. The smallest absolute Gasteiger partial charge is 0.325 e.